The highest BCUT2D eigenvalue weighted by Crippen LogP contribution is 2.32. The monoisotopic (exact) mass is 310 g/mol. The molecule has 2 rings (SSSR count). The zero-order valence-electron chi connectivity index (χ0n) is 11.1. The predicted molar refractivity (Wildman–Crippen MR) is 75.7 cm³/mol. The molecule has 0 spiro atoms. The fourth-order valence-corrected chi connectivity index (χ4v) is 1.94. The van der Waals surface area contributed by atoms with E-state index in [2.05, 4.69) is 0 Å². The third kappa shape index (κ3) is 3.44. The van der Waals surface area contributed by atoms with Gasteiger partial charge in [-0.1, -0.05) is 23.7 Å². The lowest BCUT2D eigenvalue weighted by Gasteiger charge is -2.13. The topological polar surface area (TPSA) is 55.8 Å². The van der Waals surface area contributed by atoms with Crippen LogP contribution in [-0.4, -0.2) is 18.2 Å². The first-order valence-corrected chi connectivity index (χ1v) is 6.37. The fourth-order valence-electron chi connectivity index (χ4n) is 1.78. The van der Waals surface area contributed by atoms with Crippen LogP contribution < -0.4 is 9.47 Å². The first kappa shape index (κ1) is 15.1. The van der Waals surface area contributed by atoms with Crippen molar-refractivity contribution in [3.05, 3.63) is 58.4 Å². The van der Waals surface area contributed by atoms with Gasteiger partial charge in [0.2, 0.25) is 0 Å². The van der Waals surface area contributed by atoms with Crippen LogP contribution in [0, 0.1) is 5.82 Å². The summed E-state index contributed by atoms with van der Waals surface area (Å²) < 4.78 is 24.2. The Bertz CT molecular complexity index is 673. The average Bonchev–Trinajstić information content (AvgIpc) is 2.45. The summed E-state index contributed by atoms with van der Waals surface area (Å²) in [6.07, 6.45) is 0. The number of para-hydroxylation sites is 1. The van der Waals surface area contributed by atoms with Gasteiger partial charge in [0.15, 0.2) is 11.5 Å². The van der Waals surface area contributed by atoms with Crippen molar-refractivity contribution in [3.8, 4) is 11.5 Å². The molecule has 0 bridgehead atoms. The molecule has 0 heterocycles. The van der Waals surface area contributed by atoms with Crippen molar-refractivity contribution in [1.82, 2.24) is 0 Å². The minimum atomic E-state index is -1.15. The van der Waals surface area contributed by atoms with E-state index in [1.54, 1.807) is 6.07 Å². The molecule has 6 heteroatoms. The summed E-state index contributed by atoms with van der Waals surface area (Å²) in [7, 11) is 1.40. The Kier molecular flexibility index (Phi) is 4.65. The summed E-state index contributed by atoms with van der Waals surface area (Å²) in [5.41, 5.74) is 0.213. The van der Waals surface area contributed by atoms with Crippen molar-refractivity contribution in [2.24, 2.45) is 0 Å². The summed E-state index contributed by atoms with van der Waals surface area (Å²) in [6, 6.07) is 8.67. The Morgan fingerprint density at radius 1 is 1.33 bits per heavy atom. The zero-order valence-corrected chi connectivity index (χ0v) is 11.9. The average molecular weight is 311 g/mol. The zero-order chi connectivity index (χ0) is 15.4. The summed E-state index contributed by atoms with van der Waals surface area (Å²) >= 11 is 5.67. The van der Waals surface area contributed by atoms with Gasteiger partial charge in [0, 0.05) is 10.6 Å². The van der Waals surface area contributed by atoms with Crippen LogP contribution in [0.1, 0.15) is 15.9 Å². The number of rotatable bonds is 5. The van der Waals surface area contributed by atoms with Gasteiger partial charge in [-0.2, -0.15) is 0 Å². The SMILES string of the molecule is COc1cccc(C(=O)O)c1OCc1ccc(Cl)cc1F. The van der Waals surface area contributed by atoms with E-state index in [1.165, 1.54) is 37.4 Å². The van der Waals surface area contributed by atoms with E-state index >= 15 is 0 Å². The van der Waals surface area contributed by atoms with Crippen LogP contribution in [0.2, 0.25) is 5.02 Å². The van der Waals surface area contributed by atoms with E-state index in [0.29, 0.717) is 0 Å². The van der Waals surface area contributed by atoms with Gasteiger partial charge in [0.25, 0.3) is 0 Å². The number of halogens is 2. The van der Waals surface area contributed by atoms with Crippen molar-refractivity contribution in [1.29, 1.82) is 0 Å². The van der Waals surface area contributed by atoms with Gasteiger partial charge in [0.05, 0.1) is 7.11 Å². The number of carboxylic acids is 1. The molecule has 0 saturated carbocycles. The molecule has 0 aliphatic carbocycles. The number of carboxylic acid groups (broad SMARTS) is 1. The lowest BCUT2D eigenvalue weighted by Crippen LogP contribution is -2.06. The minimum Gasteiger partial charge on any atom is -0.493 e. The first-order valence-electron chi connectivity index (χ1n) is 6.00. The van der Waals surface area contributed by atoms with Gasteiger partial charge in [-0.3, -0.25) is 0 Å². The molecule has 0 aliphatic rings. The highest BCUT2D eigenvalue weighted by molar-refractivity contribution is 6.30. The van der Waals surface area contributed by atoms with Gasteiger partial charge in [-0.05, 0) is 24.3 Å². The maximum atomic E-state index is 13.7. The van der Waals surface area contributed by atoms with Crippen LogP contribution in [-0.2, 0) is 6.61 Å². The quantitative estimate of drug-likeness (QED) is 0.913. The number of benzene rings is 2. The Labute approximate surface area is 125 Å². The second-order valence-electron chi connectivity index (χ2n) is 4.17. The van der Waals surface area contributed by atoms with E-state index in [1.807, 2.05) is 0 Å². The lowest BCUT2D eigenvalue weighted by atomic mass is 10.2. The molecular formula is C15H12ClFO4. The molecule has 0 aromatic heterocycles. The molecule has 0 fully saturated rings. The Morgan fingerprint density at radius 3 is 2.71 bits per heavy atom. The summed E-state index contributed by atoms with van der Waals surface area (Å²) in [5, 5.41) is 9.42. The molecular weight excluding hydrogens is 299 g/mol. The largest absolute Gasteiger partial charge is 0.493 e. The Balaban J connectivity index is 2.28. The van der Waals surface area contributed by atoms with Gasteiger partial charge in [-0.25, -0.2) is 9.18 Å². The van der Waals surface area contributed by atoms with Crippen LogP contribution in [0.5, 0.6) is 11.5 Å². The molecule has 0 radical (unpaired) electrons. The second-order valence-corrected chi connectivity index (χ2v) is 4.60. The molecule has 2 aromatic rings. The third-order valence-corrected chi connectivity index (χ3v) is 3.05. The van der Waals surface area contributed by atoms with Crippen molar-refractivity contribution in [3.63, 3.8) is 0 Å². The van der Waals surface area contributed by atoms with Gasteiger partial charge in [-0.15, -0.1) is 0 Å². The fraction of sp³-hybridized carbons (Fsp3) is 0.133. The molecule has 110 valence electrons. The number of ether oxygens (including phenoxy) is 2. The van der Waals surface area contributed by atoms with E-state index < -0.39 is 11.8 Å². The van der Waals surface area contributed by atoms with Crippen LogP contribution in [0.3, 0.4) is 0 Å². The summed E-state index contributed by atoms with van der Waals surface area (Å²) in [5.74, 6) is -1.35. The van der Waals surface area contributed by atoms with Crippen molar-refractivity contribution >= 4 is 17.6 Å². The highest BCUT2D eigenvalue weighted by Gasteiger charge is 2.17. The standard InChI is InChI=1S/C15H12ClFO4/c1-20-13-4-2-3-11(15(18)19)14(13)21-8-9-5-6-10(16)7-12(9)17/h2-7H,8H2,1H3,(H,18,19). The third-order valence-electron chi connectivity index (χ3n) is 2.82. The molecule has 0 unspecified atom stereocenters. The summed E-state index contributed by atoms with van der Waals surface area (Å²) in [6.45, 7) is -0.135. The normalized spacial score (nSPS) is 10.2. The van der Waals surface area contributed by atoms with E-state index in [9.17, 15) is 9.18 Å². The van der Waals surface area contributed by atoms with E-state index in [0.717, 1.165) is 0 Å². The van der Waals surface area contributed by atoms with Crippen molar-refractivity contribution < 1.29 is 23.8 Å². The van der Waals surface area contributed by atoms with Crippen LogP contribution in [0.25, 0.3) is 0 Å². The molecule has 0 atom stereocenters. The number of hydrogen-bond acceptors (Lipinski definition) is 3. The number of aromatic carboxylic acids is 1. The second kappa shape index (κ2) is 6.45. The molecule has 2 aromatic carbocycles. The number of hydrogen-bond donors (Lipinski definition) is 1. The molecule has 0 amide bonds. The molecule has 21 heavy (non-hydrogen) atoms. The Morgan fingerprint density at radius 2 is 2.10 bits per heavy atom. The van der Waals surface area contributed by atoms with Crippen LogP contribution in [0.4, 0.5) is 4.39 Å². The molecule has 1 N–H and O–H groups in total. The highest BCUT2D eigenvalue weighted by atomic mass is 35.5. The Hall–Kier alpha value is -2.27. The lowest BCUT2D eigenvalue weighted by molar-refractivity contribution is 0.0691. The smallest absolute Gasteiger partial charge is 0.339 e. The first-order chi connectivity index (χ1) is 10.0. The van der Waals surface area contributed by atoms with Crippen LogP contribution >= 0.6 is 11.6 Å². The molecule has 4 nitrogen and oxygen atoms in total. The number of carbonyl (C=O) groups is 1. The minimum absolute atomic E-state index is 0.0521. The van der Waals surface area contributed by atoms with Crippen molar-refractivity contribution in [2.45, 2.75) is 6.61 Å². The maximum absolute atomic E-state index is 13.7. The maximum Gasteiger partial charge on any atom is 0.339 e. The van der Waals surface area contributed by atoms with E-state index in [4.69, 9.17) is 26.2 Å². The molecule has 0 saturated heterocycles. The van der Waals surface area contributed by atoms with Gasteiger partial charge >= 0.3 is 5.97 Å². The van der Waals surface area contributed by atoms with Gasteiger partial charge < -0.3 is 14.6 Å². The van der Waals surface area contributed by atoms with Crippen molar-refractivity contribution in [2.75, 3.05) is 7.11 Å². The summed E-state index contributed by atoms with van der Waals surface area (Å²) in [4.78, 5) is 11.2. The van der Waals surface area contributed by atoms with E-state index in [-0.39, 0.29) is 34.3 Å². The predicted octanol–water partition coefficient (Wildman–Crippen LogP) is 3.76. The number of methoxy groups -OCH3 is 1. The van der Waals surface area contributed by atoms with Crippen LogP contribution in [0.15, 0.2) is 36.4 Å². The van der Waals surface area contributed by atoms with Gasteiger partial charge in [0.1, 0.15) is 18.0 Å². The molecule has 0 aliphatic heterocycles.